The number of nitrogens with zero attached hydrogens (tertiary/aromatic N) is 2. The molecule has 0 radical (unpaired) electrons. The lowest BCUT2D eigenvalue weighted by Crippen LogP contribution is -2.52. The number of methoxy groups -OCH3 is 1. The van der Waals surface area contributed by atoms with Gasteiger partial charge in [0.05, 0.1) is 20.2 Å². The van der Waals surface area contributed by atoms with Crippen LogP contribution < -0.4 is 0 Å². The summed E-state index contributed by atoms with van der Waals surface area (Å²) in [6, 6.07) is 0.441. The molecular formula is C15H26N2O3. The molecule has 1 amide bonds. The molecule has 2 fully saturated rings. The first-order chi connectivity index (χ1) is 9.61. The number of carbonyl (C=O) groups excluding carboxylic acids is 2. The van der Waals surface area contributed by atoms with Crippen LogP contribution in [0.1, 0.15) is 38.5 Å². The number of esters is 1. The number of rotatable bonds is 4. The third kappa shape index (κ3) is 3.72. The number of fused-ring (bicyclic) bond motifs is 1. The van der Waals surface area contributed by atoms with Gasteiger partial charge in [0, 0.05) is 12.6 Å². The van der Waals surface area contributed by atoms with Crippen LogP contribution in [0, 0.1) is 5.92 Å². The van der Waals surface area contributed by atoms with Crippen LogP contribution in [0.15, 0.2) is 0 Å². The average Bonchev–Trinajstić information content (AvgIpc) is 2.46. The summed E-state index contributed by atoms with van der Waals surface area (Å²) in [5.74, 6) is 0.565. The van der Waals surface area contributed by atoms with E-state index >= 15 is 0 Å². The first kappa shape index (κ1) is 15.3. The summed E-state index contributed by atoms with van der Waals surface area (Å²) >= 11 is 0. The molecule has 1 aliphatic heterocycles. The number of amides is 1. The first-order valence-corrected chi connectivity index (χ1v) is 7.66. The van der Waals surface area contributed by atoms with E-state index < -0.39 is 0 Å². The van der Waals surface area contributed by atoms with Crippen molar-refractivity contribution in [2.75, 3.05) is 33.8 Å². The van der Waals surface area contributed by atoms with Gasteiger partial charge in [-0.2, -0.15) is 0 Å². The molecule has 0 aromatic heterocycles. The SMILES string of the molecule is COC(=O)CN(C)CC(=O)N1CCCC2CCCCC21. The molecule has 2 rings (SSSR count). The Morgan fingerprint density at radius 1 is 1.15 bits per heavy atom. The Bertz CT molecular complexity index is 357. The highest BCUT2D eigenvalue weighted by Gasteiger charge is 2.35. The second kappa shape index (κ2) is 7.07. The van der Waals surface area contributed by atoms with E-state index in [0.717, 1.165) is 19.4 Å². The minimum atomic E-state index is -0.297. The van der Waals surface area contributed by atoms with E-state index in [2.05, 4.69) is 9.64 Å². The lowest BCUT2D eigenvalue weighted by Gasteiger charge is -2.44. The highest BCUT2D eigenvalue weighted by Crippen LogP contribution is 2.35. The smallest absolute Gasteiger partial charge is 0.319 e. The molecule has 2 aliphatic rings. The number of likely N-dealkylation sites (N-methyl/N-ethyl adjacent to an activating group) is 1. The molecule has 0 bridgehead atoms. The van der Waals surface area contributed by atoms with Crippen molar-refractivity contribution >= 4 is 11.9 Å². The predicted molar refractivity (Wildman–Crippen MR) is 76.2 cm³/mol. The zero-order valence-corrected chi connectivity index (χ0v) is 12.6. The molecular weight excluding hydrogens is 256 g/mol. The molecule has 2 unspecified atom stereocenters. The van der Waals surface area contributed by atoms with Gasteiger partial charge in [-0.1, -0.05) is 12.8 Å². The van der Waals surface area contributed by atoms with Gasteiger partial charge in [-0.05, 0) is 38.6 Å². The van der Waals surface area contributed by atoms with Crippen molar-refractivity contribution < 1.29 is 14.3 Å². The minimum Gasteiger partial charge on any atom is -0.468 e. The maximum Gasteiger partial charge on any atom is 0.319 e. The zero-order valence-electron chi connectivity index (χ0n) is 12.6. The summed E-state index contributed by atoms with van der Waals surface area (Å²) in [6.45, 7) is 1.36. The van der Waals surface area contributed by atoms with Gasteiger partial charge in [0.1, 0.15) is 0 Å². The maximum absolute atomic E-state index is 12.5. The second-order valence-corrected chi connectivity index (χ2v) is 6.09. The molecule has 1 aliphatic carbocycles. The van der Waals surface area contributed by atoms with E-state index in [0.29, 0.717) is 18.5 Å². The number of ether oxygens (including phenoxy) is 1. The number of hydrogen-bond acceptors (Lipinski definition) is 4. The summed E-state index contributed by atoms with van der Waals surface area (Å²) in [6.07, 6.45) is 7.36. The van der Waals surface area contributed by atoms with Crippen molar-refractivity contribution in [2.24, 2.45) is 5.92 Å². The summed E-state index contributed by atoms with van der Waals surface area (Å²) in [7, 11) is 3.16. The number of carbonyl (C=O) groups is 2. The Kier molecular flexibility index (Phi) is 5.40. The van der Waals surface area contributed by atoms with E-state index in [-0.39, 0.29) is 18.4 Å². The minimum absolute atomic E-state index is 0.160. The van der Waals surface area contributed by atoms with Gasteiger partial charge >= 0.3 is 5.97 Å². The summed E-state index contributed by atoms with van der Waals surface area (Å²) in [5, 5.41) is 0. The highest BCUT2D eigenvalue weighted by atomic mass is 16.5. The molecule has 0 spiro atoms. The number of hydrogen-bond donors (Lipinski definition) is 0. The monoisotopic (exact) mass is 282 g/mol. The highest BCUT2D eigenvalue weighted by molar-refractivity contribution is 5.79. The zero-order chi connectivity index (χ0) is 14.5. The third-order valence-electron chi connectivity index (χ3n) is 4.60. The molecule has 0 aromatic rings. The topological polar surface area (TPSA) is 49.9 Å². The molecule has 1 saturated carbocycles. The molecule has 20 heavy (non-hydrogen) atoms. The van der Waals surface area contributed by atoms with Crippen LogP contribution in [0.5, 0.6) is 0 Å². The van der Waals surface area contributed by atoms with Crippen LogP contribution in [0.25, 0.3) is 0 Å². The van der Waals surface area contributed by atoms with E-state index in [4.69, 9.17) is 0 Å². The normalized spacial score (nSPS) is 26.2. The Hall–Kier alpha value is -1.10. The molecule has 1 heterocycles. The van der Waals surface area contributed by atoms with E-state index in [1.807, 2.05) is 0 Å². The summed E-state index contributed by atoms with van der Waals surface area (Å²) < 4.78 is 4.63. The van der Waals surface area contributed by atoms with Crippen LogP contribution in [-0.2, 0) is 14.3 Å². The van der Waals surface area contributed by atoms with Crippen molar-refractivity contribution in [3.63, 3.8) is 0 Å². The molecule has 1 saturated heterocycles. The lowest BCUT2D eigenvalue weighted by molar-refractivity contribution is -0.143. The van der Waals surface area contributed by atoms with Crippen LogP contribution in [-0.4, -0.2) is 61.5 Å². The Morgan fingerprint density at radius 2 is 1.85 bits per heavy atom. The lowest BCUT2D eigenvalue weighted by atomic mass is 9.78. The van der Waals surface area contributed by atoms with Crippen LogP contribution in [0.2, 0.25) is 0 Å². The van der Waals surface area contributed by atoms with Crippen LogP contribution in [0.4, 0.5) is 0 Å². The van der Waals surface area contributed by atoms with Crippen molar-refractivity contribution in [1.29, 1.82) is 0 Å². The van der Waals surface area contributed by atoms with Crippen molar-refractivity contribution in [1.82, 2.24) is 9.80 Å². The van der Waals surface area contributed by atoms with E-state index in [9.17, 15) is 9.59 Å². The predicted octanol–water partition coefficient (Wildman–Crippen LogP) is 1.27. The largest absolute Gasteiger partial charge is 0.468 e. The number of piperidine rings is 1. The van der Waals surface area contributed by atoms with E-state index in [1.165, 1.54) is 32.8 Å². The molecule has 5 nitrogen and oxygen atoms in total. The summed E-state index contributed by atoms with van der Waals surface area (Å²) in [5.41, 5.74) is 0. The van der Waals surface area contributed by atoms with Crippen molar-refractivity contribution in [2.45, 2.75) is 44.6 Å². The third-order valence-corrected chi connectivity index (χ3v) is 4.60. The Balaban J connectivity index is 1.88. The van der Waals surface area contributed by atoms with Gasteiger partial charge in [-0.15, -0.1) is 0 Å². The van der Waals surface area contributed by atoms with Gasteiger partial charge in [0.25, 0.3) is 0 Å². The van der Waals surface area contributed by atoms with Crippen molar-refractivity contribution in [3.8, 4) is 0 Å². The maximum atomic E-state index is 12.5. The van der Waals surface area contributed by atoms with E-state index in [1.54, 1.807) is 11.9 Å². The fourth-order valence-electron chi connectivity index (χ4n) is 3.60. The Labute approximate surface area is 121 Å². The van der Waals surface area contributed by atoms with Gasteiger partial charge < -0.3 is 9.64 Å². The van der Waals surface area contributed by atoms with Crippen molar-refractivity contribution in [3.05, 3.63) is 0 Å². The van der Waals surface area contributed by atoms with Crippen LogP contribution in [0.3, 0.4) is 0 Å². The molecule has 5 heteroatoms. The summed E-state index contributed by atoms with van der Waals surface area (Å²) in [4.78, 5) is 27.5. The van der Waals surface area contributed by atoms with Gasteiger partial charge in [0.15, 0.2) is 0 Å². The second-order valence-electron chi connectivity index (χ2n) is 6.09. The fourth-order valence-corrected chi connectivity index (χ4v) is 3.60. The van der Waals surface area contributed by atoms with Gasteiger partial charge in [-0.25, -0.2) is 0 Å². The molecule has 114 valence electrons. The molecule has 2 atom stereocenters. The Morgan fingerprint density at radius 3 is 2.60 bits per heavy atom. The first-order valence-electron chi connectivity index (χ1n) is 7.66. The van der Waals surface area contributed by atoms with Crippen LogP contribution >= 0.6 is 0 Å². The van der Waals surface area contributed by atoms with Gasteiger partial charge in [0.2, 0.25) is 5.91 Å². The number of likely N-dealkylation sites (tertiary alicyclic amines) is 1. The standard InChI is InChI=1S/C15H26N2O3/c1-16(11-15(19)20-2)10-14(18)17-9-5-7-12-6-3-4-8-13(12)17/h12-13H,3-11H2,1-2H3. The average molecular weight is 282 g/mol. The molecule has 0 N–H and O–H groups in total. The fraction of sp³-hybridized carbons (Fsp3) is 0.867. The quantitative estimate of drug-likeness (QED) is 0.729. The van der Waals surface area contributed by atoms with Gasteiger partial charge in [-0.3, -0.25) is 14.5 Å². The molecule has 0 aromatic carbocycles.